The molecule has 0 radical (unpaired) electrons. The number of nitrogen functional groups attached to an aromatic ring is 1. The minimum absolute atomic E-state index is 0.0455. The standard InChI is InChI=1S/C8H15N3O5S/c1-14-5(15-2)4-10-8-6(17(3,12)13)7(9)16-11-8/h5H,4,9H2,1-3H3,(H,10,11). The third-order valence-electron chi connectivity index (χ3n) is 2.01. The molecule has 0 fully saturated rings. The average molecular weight is 265 g/mol. The van der Waals surface area contributed by atoms with Crippen LogP contribution in [-0.4, -0.2) is 46.9 Å². The Bertz CT molecular complexity index is 466. The number of ether oxygens (including phenoxy) is 2. The Kier molecular flexibility index (Phi) is 4.32. The summed E-state index contributed by atoms with van der Waals surface area (Å²) in [7, 11) is -0.582. The van der Waals surface area contributed by atoms with E-state index in [1.807, 2.05) is 0 Å². The Morgan fingerprint density at radius 3 is 2.53 bits per heavy atom. The van der Waals surface area contributed by atoms with E-state index in [9.17, 15) is 8.42 Å². The monoisotopic (exact) mass is 265 g/mol. The van der Waals surface area contributed by atoms with Crippen molar-refractivity contribution in [3.05, 3.63) is 0 Å². The molecule has 0 atom stereocenters. The van der Waals surface area contributed by atoms with Crippen LogP contribution in [0.4, 0.5) is 11.7 Å². The van der Waals surface area contributed by atoms with Crippen LogP contribution in [0.5, 0.6) is 0 Å². The molecule has 0 aliphatic heterocycles. The van der Waals surface area contributed by atoms with Gasteiger partial charge in [0.15, 0.2) is 26.8 Å². The Morgan fingerprint density at radius 1 is 1.47 bits per heavy atom. The fraction of sp³-hybridized carbons (Fsp3) is 0.625. The minimum atomic E-state index is -3.51. The number of rotatable bonds is 6. The minimum Gasteiger partial charge on any atom is -0.366 e. The van der Waals surface area contributed by atoms with Gasteiger partial charge in [0.05, 0.1) is 6.54 Å². The van der Waals surface area contributed by atoms with Crippen LogP contribution in [-0.2, 0) is 19.3 Å². The molecule has 9 heteroatoms. The van der Waals surface area contributed by atoms with Crippen LogP contribution in [0.25, 0.3) is 0 Å². The lowest BCUT2D eigenvalue weighted by atomic mass is 10.5. The average Bonchev–Trinajstić information content (AvgIpc) is 2.61. The van der Waals surface area contributed by atoms with Crippen molar-refractivity contribution in [3.8, 4) is 0 Å². The summed E-state index contributed by atoms with van der Waals surface area (Å²) in [5.41, 5.74) is 5.39. The molecule has 0 amide bonds. The van der Waals surface area contributed by atoms with Crippen molar-refractivity contribution in [1.82, 2.24) is 5.16 Å². The highest BCUT2D eigenvalue weighted by atomic mass is 32.2. The maximum Gasteiger partial charge on any atom is 0.243 e. The molecule has 17 heavy (non-hydrogen) atoms. The van der Waals surface area contributed by atoms with Crippen LogP contribution in [0.1, 0.15) is 0 Å². The fourth-order valence-electron chi connectivity index (χ4n) is 1.21. The van der Waals surface area contributed by atoms with E-state index in [1.54, 1.807) is 0 Å². The summed E-state index contributed by atoms with van der Waals surface area (Å²) in [6, 6.07) is 0. The number of aromatic nitrogens is 1. The van der Waals surface area contributed by atoms with Crippen LogP contribution in [0.15, 0.2) is 9.42 Å². The van der Waals surface area contributed by atoms with Crippen LogP contribution < -0.4 is 11.1 Å². The van der Waals surface area contributed by atoms with Gasteiger partial charge in [-0.2, -0.15) is 0 Å². The van der Waals surface area contributed by atoms with E-state index in [4.69, 9.17) is 15.2 Å². The second-order valence-corrected chi connectivity index (χ2v) is 5.23. The highest BCUT2D eigenvalue weighted by molar-refractivity contribution is 7.91. The summed E-state index contributed by atoms with van der Waals surface area (Å²) in [6.45, 7) is 0.210. The van der Waals surface area contributed by atoms with Gasteiger partial charge in [-0.1, -0.05) is 5.16 Å². The smallest absolute Gasteiger partial charge is 0.243 e. The zero-order chi connectivity index (χ0) is 13.1. The maximum absolute atomic E-state index is 11.4. The number of hydrogen-bond donors (Lipinski definition) is 2. The highest BCUT2D eigenvalue weighted by Gasteiger charge is 2.23. The molecule has 1 heterocycles. The van der Waals surface area contributed by atoms with Gasteiger partial charge in [-0.15, -0.1) is 0 Å². The number of nitrogens with zero attached hydrogens (tertiary/aromatic N) is 1. The first-order valence-electron chi connectivity index (χ1n) is 4.64. The van der Waals surface area contributed by atoms with Crippen molar-refractivity contribution in [3.63, 3.8) is 0 Å². The molecule has 98 valence electrons. The van der Waals surface area contributed by atoms with E-state index in [-0.39, 0.29) is 23.1 Å². The number of methoxy groups -OCH3 is 2. The largest absolute Gasteiger partial charge is 0.366 e. The number of nitrogens with one attached hydrogen (secondary N) is 1. The molecule has 1 aromatic rings. The lowest BCUT2D eigenvalue weighted by Gasteiger charge is -2.13. The molecule has 0 aliphatic carbocycles. The van der Waals surface area contributed by atoms with E-state index in [0.717, 1.165) is 6.26 Å². The van der Waals surface area contributed by atoms with Crippen molar-refractivity contribution in [2.75, 3.05) is 38.1 Å². The van der Waals surface area contributed by atoms with Gasteiger partial charge < -0.3 is 25.0 Å². The highest BCUT2D eigenvalue weighted by Crippen LogP contribution is 2.26. The van der Waals surface area contributed by atoms with E-state index in [2.05, 4.69) is 15.0 Å². The van der Waals surface area contributed by atoms with Gasteiger partial charge in [0.2, 0.25) is 5.88 Å². The van der Waals surface area contributed by atoms with Gasteiger partial charge in [-0.25, -0.2) is 8.42 Å². The molecule has 1 rings (SSSR count). The Balaban J connectivity index is 2.86. The molecule has 8 nitrogen and oxygen atoms in total. The van der Waals surface area contributed by atoms with Gasteiger partial charge in [0.25, 0.3) is 0 Å². The second kappa shape index (κ2) is 5.34. The summed E-state index contributed by atoms with van der Waals surface area (Å²) in [4.78, 5) is -0.163. The van der Waals surface area contributed by atoms with Crippen LogP contribution in [0.3, 0.4) is 0 Å². The molecule has 3 N–H and O–H groups in total. The number of hydrogen-bond acceptors (Lipinski definition) is 8. The maximum atomic E-state index is 11.4. The molecule has 0 aromatic carbocycles. The fourth-order valence-corrected chi connectivity index (χ4v) is 2.07. The number of nitrogens with two attached hydrogens (primary N) is 1. The third-order valence-corrected chi connectivity index (χ3v) is 3.14. The molecule has 0 aliphatic rings. The summed E-state index contributed by atoms with van der Waals surface area (Å²) < 4.78 is 37.4. The van der Waals surface area contributed by atoms with E-state index in [0.29, 0.717) is 0 Å². The molecule has 0 saturated heterocycles. The lowest BCUT2D eigenvalue weighted by molar-refractivity contribution is -0.0914. The molecular weight excluding hydrogens is 250 g/mol. The topological polar surface area (TPSA) is 117 Å². The SMILES string of the molecule is COC(CNc1noc(N)c1S(C)(=O)=O)OC. The molecule has 0 spiro atoms. The Labute approximate surface area is 99.0 Å². The Morgan fingerprint density at radius 2 is 2.06 bits per heavy atom. The first-order chi connectivity index (χ1) is 7.90. The summed E-state index contributed by atoms with van der Waals surface area (Å²) >= 11 is 0. The van der Waals surface area contributed by atoms with Gasteiger partial charge in [0.1, 0.15) is 0 Å². The van der Waals surface area contributed by atoms with Crippen molar-refractivity contribution in [1.29, 1.82) is 0 Å². The zero-order valence-electron chi connectivity index (χ0n) is 9.76. The molecule has 0 saturated carbocycles. The van der Waals surface area contributed by atoms with Crippen molar-refractivity contribution in [2.24, 2.45) is 0 Å². The van der Waals surface area contributed by atoms with Gasteiger partial charge >= 0.3 is 0 Å². The third kappa shape index (κ3) is 3.32. The molecule has 0 bridgehead atoms. The van der Waals surface area contributed by atoms with Crippen molar-refractivity contribution in [2.45, 2.75) is 11.2 Å². The van der Waals surface area contributed by atoms with E-state index in [1.165, 1.54) is 14.2 Å². The summed E-state index contributed by atoms with van der Waals surface area (Å²) in [5.74, 6) is -0.203. The van der Waals surface area contributed by atoms with E-state index >= 15 is 0 Å². The number of anilines is 2. The summed E-state index contributed by atoms with van der Waals surface area (Å²) in [5, 5.41) is 6.25. The van der Waals surface area contributed by atoms with Crippen molar-refractivity contribution < 1.29 is 22.4 Å². The first-order valence-corrected chi connectivity index (χ1v) is 6.54. The van der Waals surface area contributed by atoms with Crippen LogP contribution in [0, 0.1) is 0 Å². The van der Waals surface area contributed by atoms with Gasteiger partial charge in [-0.05, 0) is 0 Å². The predicted octanol–water partition coefficient (Wildman–Crippen LogP) is -0.309. The normalized spacial score (nSPS) is 12.0. The lowest BCUT2D eigenvalue weighted by Crippen LogP contribution is -2.24. The van der Waals surface area contributed by atoms with E-state index < -0.39 is 16.1 Å². The van der Waals surface area contributed by atoms with Gasteiger partial charge in [-0.3, -0.25) is 0 Å². The summed E-state index contributed by atoms with van der Waals surface area (Å²) in [6.07, 6.45) is 0.492. The Hall–Kier alpha value is -1.32. The van der Waals surface area contributed by atoms with Crippen molar-refractivity contribution >= 4 is 21.5 Å². The van der Waals surface area contributed by atoms with Crippen LogP contribution in [0.2, 0.25) is 0 Å². The van der Waals surface area contributed by atoms with Crippen LogP contribution >= 0.6 is 0 Å². The quantitative estimate of drug-likeness (QED) is 0.673. The first kappa shape index (κ1) is 13.7. The van der Waals surface area contributed by atoms with Gasteiger partial charge in [0, 0.05) is 20.5 Å². The predicted molar refractivity (Wildman–Crippen MR) is 60.3 cm³/mol. The molecule has 0 unspecified atom stereocenters. The number of sulfone groups is 1. The second-order valence-electron chi connectivity index (χ2n) is 3.28. The zero-order valence-corrected chi connectivity index (χ0v) is 10.6. The molecular formula is C8H15N3O5S. The molecule has 1 aromatic heterocycles.